The van der Waals surface area contributed by atoms with E-state index in [1.165, 1.54) is 5.56 Å². The van der Waals surface area contributed by atoms with Crippen LogP contribution in [0.5, 0.6) is 0 Å². The predicted molar refractivity (Wildman–Crippen MR) is 111 cm³/mol. The largest absolute Gasteiger partial charge is 0.512 e. The summed E-state index contributed by atoms with van der Waals surface area (Å²) in [4.78, 5) is 13.1. The lowest BCUT2D eigenvalue weighted by atomic mass is 9.79. The highest BCUT2D eigenvalue weighted by atomic mass is 16.7. The van der Waals surface area contributed by atoms with Gasteiger partial charge in [-0.25, -0.2) is 0 Å². The molecule has 0 spiro atoms. The van der Waals surface area contributed by atoms with Crippen LogP contribution in [0.4, 0.5) is 0 Å². The summed E-state index contributed by atoms with van der Waals surface area (Å²) in [5, 5.41) is 10.9. The summed E-state index contributed by atoms with van der Waals surface area (Å²) in [6.07, 6.45) is 3.00. The molecule has 1 N–H and O–H groups in total. The van der Waals surface area contributed by atoms with Crippen molar-refractivity contribution in [3.05, 3.63) is 40.1 Å². The Hall–Kier alpha value is -1.65. The molecule has 0 radical (unpaired) electrons. The second-order valence-corrected chi connectivity index (χ2v) is 9.14. The van der Waals surface area contributed by atoms with Crippen molar-refractivity contribution in [2.75, 3.05) is 13.2 Å². The van der Waals surface area contributed by atoms with Crippen LogP contribution in [0.2, 0.25) is 0 Å². The van der Waals surface area contributed by atoms with Crippen molar-refractivity contribution in [1.29, 1.82) is 0 Å². The highest BCUT2D eigenvalue weighted by molar-refractivity contribution is 6.22. The summed E-state index contributed by atoms with van der Waals surface area (Å²) in [5.74, 6) is 0.326. The quantitative estimate of drug-likeness (QED) is 0.760. The molecule has 154 valence electrons. The molecule has 28 heavy (non-hydrogen) atoms. The summed E-state index contributed by atoms with van der Waals surface area (Å²) >= 11 is 0. The molecule has 1 saturated heterocycles. The van der Waals surface area contributed by atoms with Gasteiger partial charge >= 0.3 is 0 Å². The van der Waals surface area contributed by atoms with Crippen molar-refractivity contribution < 1.29 is 19.4 Å². The maximum absolute atomic E-state index is 13.1. The number of ketones is 1. The second kappa shape index (κ2) is 8.38. The minimum Gasteiger partial charge on any atom is -0.512 e. The van der Waals surface area contributed by atoms with Gasteiger partial charge in [0, 0.05) is 24.7 Å². The smallest absolute Gasteiger partial charge is 0.167 e. The zero-order chi connectivity index (χ0) is 20.5. The van der Waals surface area contributed by atoms with E-state index >= 15 is 0 Å². The Labute approximate surface area is 168 Å². The molecule has 1 aliphatic heterocycles. The van der Waals surface area contributed by atoms with Gasteiger partial charge in [0.25, 0.3) is 0 Å². The lowest BCUT2D eigenvalue weighted by Crippen LogP contribution is -2.39. The lowest BCUT2D eigenvalue weighted by Gasteiger charge is -2.36. The Kier molecular flexibility index (Phi) is 6.31. The van der Waals surface area contributed by atoms with Crippen molar-refractivity contribution in [2.24, 2.45) is 11.3 Å². The van der Waals surface area contributed by atoms with Crippen LogP contribution in [0.3, 0.4) is 0 Å². The highest BCUT2D eigenvalue weighted by Crippen LogP contribution is 2.38. The molecule has 0 amide bonds. The Morgan fingerprint density at radius 1 is 1.07 bits per heavy atom. The summed E-state index contributed by atoms with van der Waals surface area (Å²) in [6, 6.07) is 4.28. The average molecular weight is 387 g/mol. The molecule has 1 unspecified atom stereocenters. The number of carbonyl (C=O) groups is 1. The van der Waals surface area contributed by atoms with E-state index in [2.05, 4.69) is 46.8 Å². The average Bonchev–Trinajstić information content (AvgIpc) is 2.63. The molecular formula is C24H34O4. The molecule has 1 atom stereocenters. The summed E-state index contributed by atoms with van der Waals surface area (Å²) in [6.45, 7) is 11.8. The topological polar surface area (TPSA) is 55.8 Å². The molecule has 0 aromatic heterocycles. The number of allylic oxidation sites excluding steroid dienone is 2. The molecule has 0 saturated carbocycles. The first kappa shape index (κ1) is 21.1. The molecule has 3 rings (SSSR count). The zero-order valence-electron chi connectivity index (χ0n) is 17.9. The predicted octanol–water partition coefficient (Wildman–Crippen LogP) is 5.16. The van der Waals surface area contributed by atoms with Crippen LogP contribution >= 0.6 is 0 Å². The molecule has 0 bridgehead atoms. The third-order valence-corrected chi connectivity index (χ3v) is 5.83. The van der Waals surface area contributed by atoms with Crippen LogP contribution in [0, 0.1) is 18.3 Å². The number of benzene rings is 1. The third-order valence-electron chi connectivity index (χ3n) is 5.83. The monoisotopic (exact) mass is 386 g/mol. The van der Waals surface area contributed by atoms with Gasteiger partial charge in [0.15, 0.2) is 12.1 Å². The van der Waals surface area contributed by atoms with Crippen LogP contribution < -0.4 is 0 Å². The molecule has 1 aliphatic carbocycles. The number of rotatable bonds is 5. The zero-order valence-corrected chi connectivity index (χ0v) is 17.9. The molecule has 1 aromatic rings. The van der Waals surface area contributed by atoms with Crippen LogP contribution in [0.25, 0.3) is 5.57 Å². The Morgan fingerprint density at radius 2 is 1.64 bits per heavy atom. The van der Waals surface area contributed by atoms with E-state index in [4.69, 9.17) is 9.47 Å². The van der Waals surface area contributed by atoms with Crippen LogP contribution in [-0.2, 0) is 27.1 Å². The standard InChI is InChI=1S/C24H34O4/c1-6-17-8-15(3)9-18(7-2)22(17)23-19(25)10-16(11-20(23)26)12-21-27-13-24(4,5)14-28-21/h8-9,16,21,25H,6-7,10-14H2,1-5H3. The fourth-order valence-electron chi connectivity index (χ4n) is 4.38. The fraction of sp³-hybridized carbons (Fsp3) is 0.625. The number of Topliss-reactive ketones (excluding diaryl/α,β-unsaturated/α-hetero) is 1. The molecule has 4 nitrogen and oxygen atoms in total. The highest BCUT2D eigenvalue weighted by Gasteiger charge is 2.35. The molecule has 1 fully saturated rings. The van der Waals surface area contributed by atoms with E-state index in [0.717, 1.165) is 29.5 Å². The Bertz CT molecular complexity index is 740. The normalized spacial score (nSPS) is 23.3. The lowest BCUT2D eigenvalue weighted by molar-refractivity contribution is -0.228. The first-order valence-corrected chi connectivity index (χ1v) is 10.5. The van der Waals surface area contributed by atoms with Gasteiger partial charge in [-0.05, 0) is 42.4 Å². The number of hydrogen-bond acceptors (Lipinski definition) is 4. The number of ether oxygens (including phenoxy) is 2. The number of aryl methyl sites for hydroxylation is 3. The third kappa shape index (κ3) is 4.49. The van der Waals surface area contributed by atoms with Gasteiger partial charge in [-0.15, -0.1) is 0 Å². The number of hydrogen-bond donors (Lipinski definition) is 1. The van der Waals surface area contributed by atoms with Crippen molar-refractivity contribution in [3.63, 3.8) is 0 Å². The molecule has 2 aliphatic rings. The first-order chi connectivity index (χ1) is 13.2. The van der Waals surface area contributed by atoms with Crippen LogP contribution in [0.15, 0.2) is 17.9 Å². The van der Waals surface area contributed by atoms with Gasteiger partial charge in [0.05, 0.1) is 18.8 Å². The van der Waals surface area contributed by atoms with Gasteiger partial charge in [-0.1, -0.05) is 45.4 Å². The maximum atomic E-state index is 13.1. The Morgan fingerprint density at radius 3 is 2.14 bits per heavy atom. The number of aliphatic hydroxyl groups excluding tert-OH is 1. The summed E-state index contributed by atoms with van der Waals surface area (Å²) < 4.78 is 11.7. The number of aliphatic hydroxyl groups is 1. The minimum atomic E-state index is -0.281. The van der Waals surface area contributed by atoms with E-state index < -0.39 is 0 Å². The van der Waals surface area contributed by atoms with E-state index in [9.17, 15) is 9.90 Å². The van der Waals surface area contributed by atoms with Crippen LogP contribution in [-0.4, -0.2) is 30.4 Å². The molecular weight excluding hydrogens is 352 g/mol. The van der Waals surface area contributed by atoms with Crippen molar-refractivity contribution >= 4 is 11.4 Å². The minimum absolute atomic E-state index is 0.0344. The van der Waals surface area contributed by atoms with Crippen molar-refractivity contribution in [2.45, 2.75) is 73.0 Å². The van der Waals surface area contributed by atoms with Gasteiger partial charge in [-0.2, -0.15) is 0 Å². The van der Waals surface area contributed by atoms with Crippen LogP contribution in [0.1, 0.15) is 69.2 Å². The van der Waals surface area contributed by atoms with Crippen molar-refractivity contribution in [1.82, 2.24) is 0 Å². The Balaban J connectivity index is 1.82. The maximum Gasteiger partial charge on any atom is 0.167 e. The molecule has 1 aromatic carbocycles. The van der Waals surface area contributed by atoms with E-state index in [1.54, 1.807) is 0 Å². The van der Waals surface area contributed by atoms with Gasteiger partial charge in [-0.3, -0.25) is 4.79 Å². The fourth-order valence-corrected chi connectivity index (χ4v) is 4.38. The first-order valence-electron chi connectivity index (χ1n) is 10.5. The molecule has 4 heteroatoms. The summed E-state index contributed by atoms with van der Waals surface area (Å²) in [5.41, 5.74) is 5.03. The van der Waals surface area contributed by atoms with Gasteiger partial charge in [0.1, 0.15) is 5.76 Å². The second-order valence-electron chi connectivity index (χ2n) is 9.14. The van der Waals surface area contributed by atoms with Crippen molar-refractivity contribution in [3.8, 4) is 0 Å². The summed E-state index contributed by atoms with van der Waals surface area (Å²) in [7, 11) is 0. The van der Waals surface area contributed by atoms with E-state index in [0.29, 0.717) is 38.0 Å². The van der Waals surface area contributed by atoms with E-state index in [-0.39, 0.29) is 29.2 Å². The number of carbonyl (C=O) groups excluding carboxylic acids is 1. The van der Waals surface area contributed by atoms with Gasteiger partial charge < -0.3 is 14.6 Å². The molecule has 1 heterocycles. The van der Waals surface area contributed by atoms with Gasteiger partial charge in [0.2, 0.25) is 0 Å². The van der Waals surface area contributed by atoms with E-state index in [1.807, 2.05) is 0 Å². The SMILES string of the molecule is CCc1cc(C)cc(CC)c1C1=C(O)CC(CC2OCC(C)(C)CO2)CC1=O.